The second-order valence-electron chi connectivity index (χ2n) is 4.90. The van der Waals surface area contributed by atoms with Crippen molar-refractivity contribution in [2.45, 2.75) is 33.7 Å². The largest absolute Gasteiger partial charge is 0.370 e. The molecule has 0 aliphatic rings. The summed E-state index contributed by atoms with van der Waals surface area (Å²) in [4.78, 5) is 8.96. The molecule has 0 saturated heterocycles. The Labute approximate surface area is 120 Å². The molecule has 2 N–H and O–H groups in total. The van der Waals surface area contributed by atoms with Gasteiger partial charge in [-0.1, -0.05) is 30.3 Å². The highest BCUT2D eigenvalue weighted by molar-refractivity contribution is 5.57. The van der Waals surface area contributed by atoms with Crippen molar-refractivity contribution in [3.63, 3.8) is 0 Å². The highest BCUT2D eigenvalue weighted by Gasteiger charge is 2.12. The van der Waals surface area contributed by atoms with E-state index in [1.807, 2.05) is 19.9 Å². The molecule has 0 spiro atoms. The van der Waals surface area contributed by atoms with Crippen LogP contribution in [0.2, 0.25) is 0 Å². The van der Waals surface area contributed by atoms with E-state index in [0.29, 0.717) is 0 Å². The number of hydrogen-bond acceptors (Lipinski definition) is 4. The van der Waals surface area contributed by atoms with Gasteiger partial charge < -0.3 is 10.6 Å². The average molecular weight is 270 g/mol. The van der Waals surface area contributed by atoms with Crippen LogP contribution in [0.25, 0.3) is 0 Å². The zero-order chi connectivity index (χ0) is 14.5. The second-order valence-corrected chi connectivity index (χ2v) is 4.90. The fourth-order valence-electron chi connectivity index (χ4n) is 2.14. The van der Waals surface area contributed by atoms with Crippen molar-refractivity contribution in [3.8, 4) is 0 Å². The van der Waals surface area contributed by atoms with Gasteiger partial charge in [0.05, 0.1) is 0 Å². The quantitative estimate of drug-likeness (QED) is 0.870. The van der Waals surface area contributed by atoms with Crippen LogP contribution in [0.3, 0.4) is 0 Å². The van der Waals surface area contributed by atoms with E-state index in [2.05, 4.69) is 58.7 Å². The van der Waals surface area contributed by atoms with E-state index < -0.39 is 0 Å². The number of aryl methyl sites for hydroxylation is 1. The summed E-state index contributed by atoms with van der Waals surface area (Å²) in [6, 6.07) is 10.6. The van der Waals surface area contributed by atoms with Gasteiger partial charge in [0.1, 0.15) is 17.5 Å². The summed E-state index contributed by atoms with van der Waals surface area (Å²) in [7, 11) is 0. The summed E-state index contributed by atoms with van der Waals surface area (Å²) in [6.07, 6.45) is 0. The molecule has 0 bridgehead atoms. The van der Waals surface area contributed by atoms with E-state index in [0.717, 1.165) is 29.6 Å². The van der Waals surface area contributed by atoms with Crippen LogP contribution in [-0.4, -0.2) is 16.5 Å². The van der Waals surface area contributed by atoms with Gasteiger partial charge in [0, 0.05) is 18.2 Å². The number of aromatic nitrogens is 2. The number of rotatable bonds is 5. The molecule has 0 saturated carbocycles. The lowest BCUT2D eigenvalue weighted by molar-refractivity contribution is 0.862. The summed E-state index contributed by atoms with van der Waals surface area (Å²) in [5, 5.41) is 6.75. The first-order valence-electron chi connectivity index (χ1n) is 7.02. The van der Waals surface area contributed by atoms with Crippen molar-refractivity contribution in [2.75, 3.05) is 17.2 Å². The molecule has 1 atom stereocenters. The molecule has 0 radical (unpaired) electrons. The van der Waals surface area contributed by atoms with Gasteiger partial charge in [0.15, 0.2) is 0 Å². The minimum atomic E-state index is 0.207. The Bertz CT molecular complexity index is 566. The Hall–Kier alpha value is -2.10. The summed E-state index contributed by atoms with van der Waals surface area (Å²) < 4.78 is 0. The highest BCUT2D eigenvalue weighted by Crippen LogP contribution is 2.24. The minimum Gasteiger partial charge on any atom is -0.370 e. The normalized spacial score (nSPS) is 12.0. The molecule has 0 aliphatic heterocycles. The number of anilines is 2. The van der Waals surface area contributed by atoms with E-state index in [-0.39, 0.29) is 6.04 Å². The molecular weight excluding hydrogens is 248 g/mol. The first-order valence-corrected chi connectivity index (χ1v) is 7.02. The lowest BCUT2D eigenvalue weighted by atomic mass is 10.1. The first kappa shape index (κ1) is 14.3. The predicted molar refractivity (Wildman–Crippen MR) is 84.1 cm³/mol. The van der Waals surface area contributed by atoms with Gasteiger partial charge in [-0.15, -0.1) is 0 Å². The Balaban J connectivity index is 2.25. The molecule has 4 nitrogen and oxygen atoms in total. The van der Waals surface area contributed by atoms with Crippen LogP contribution in [0, 0.1) is 13.8 Å². The fraction of sp³-hybridized carbons (Fsp3) is 0.375. The Morgan fingerprint density at radius 1 is 1.05 bits per heavy atom. The zero-order valence-corrected chi connectivity index (χ0v) is 12.6. The minimum absolute atomic E-state index is 0.207. The molecule has 2 aromatic rings. The maximum atomic E-state index is 4.52. The van der Waals surface area contributed by atoms with Gasteiger partial charge in [-0.25, -0.2) is 9.97 Å². The van der Waals surface area contributed by atoms with E-state index >= 15 is 0 Å². The van der Waals surface area contributed by atoms with Crippen molar-refractivity contribution < 1.29 is 0 Å². The summed E-state index contributed by atoms with van der Waals surface area (Å²) in [5.41, 5.74) is 2.30. The average Bonchev–Trinajstić information content (AvgIpc) is 2.45. The first-order chi connectivity index (χ1) is 9.61. The molecule has 0 aliphatic carbocycles. The van der Waals surface area contributed by atoms with E-state index in [4.69, 9.17) is 0 Å². The topological polar surface area (TPSA) is 49.8 Å². The monoisotopic (exact) mass is 270 g/mol. The van der Waals surface area contributed by atoms with Gasteiger partial charge in [-0.05, 0) is 33.3 Å². The molecule has 4 heteroatoms. The van der Waals surface area contributed by atoms with Crippen LogP contribution >= 0.6 is 0 Å². The highest BCUT2D eigenvalue weighted by atomic mass is 15.1. The van der Waals surface area contributed by atoms with Gasteiger partial charge in [0.25, 0.3) is 0 Å². The number of benzene rings is 1. The molecule has 20 heavy (non-hydrogen) atoms. The van der Waals surface area contributed by atoms with Crippen LogP contribution in [0.15, 0.2) is 30.3 Å². The second kappa shape index (κ2) is 6.37. The van der Waals surface area contributed by atoms with Crippen LogP contribution in [0.5, 0.6) is 0 Å². The van der Waals surface area contributed by atoms with Crippen LogP contribution in [0.4, 0.5) is 11.6 Å². The number of hydrogen-bond donors (Lipinski definition) is 2. The summed E-state index contributed by atoms with van der Waals surface area (Å²) >= 11 is 0. The molecule has 106 valence electrons. The molecule has 1 unspecified atom stereocenters. The van der Waals surface area contributed by atoms with Crippen molar-refractivity contribution >= 4 is 11.6 Å². The maximum absolute atomic E-state index is 4.52. The third-order valence-electron chi connectivity index (χ3n) is 3.25. The molecule has 1 heterocycles. The van der Waals surface area contributed by atoms with Crippen molar-refractivity contribution in [1.82, 2.24) is 9.97 Å². The van der Waals surface area contributed by atoms with Gasteiger partial charge in [0.2, 0.25) is 0 Å². The third kappa shape index (κ3) is 3.26. The van der Waals surface area contributed by atoms with Gasteiger partial charge >= 0.3 is 0 Å². The standard InChI is InChI=1S/C16H22N4/c1-5-17-15-11(2)16(20-13(4)19-15)18-12(3)14-9-7-6-8-10-14/h6-10,12H,5H2,1-4H3,(H2,17,18,19,20). The Kier molecular flexibility index (Phi) is 4.56. The summed E-state index contributed by atoms with van der Waals surface area (Å²) in [6.45, 7) is 9.01. The van der Waals surface area contributed by atoms with E-state index in [1.165, 1.54) is 5.56 Å². The summed E-state index contributed by atoms with van der Waals surface area (Å²) in [5.74, 6) is 2.57. The lowest BCUT2D eigenvalue weighted by Crippen LogP contribution is -2.12. The van der Waals surface area contributed by atoms with Crippen LogP contribution in [0.1, 0.15) is 36.8 Å². The van der Waals surface area contributed by atoms with Crippen LogP contribution in [-0.2, 0) is 0 Å². The molecule has 1 aromatic heterocycles. The predicted octanol–water partition coefficient (Wildman–Crippen LogP) is 3.70. The van der Waals surface area contributed by atoms with Crippen molar-refractivity contribution in [1.29, 1.82) is 0 Å². The van der Waals surface area contributed by atoms with E-state index in [9.17, 15) is 0 Å². The van der Waals surface area contributed by atoms with Gasteiger partial charge in [-0.2, -0.15) is 0 Å². The number of nitrogens with one attached hydrogen (secondary N) is 2. The molecule has 2 rings (SSSR count). The van der Waals surface area contributed by atoms with E-state index in [1.54, 1.807) is 0 Å². The molecule has 0 amide bonds. The maximum Gasteiger partial charge on any atom is 0.135 e. The van der Waals surface area contributed by atoms with Crippen molar-refractivity contribution in [3.05, 3.63) is 47.3 Å². The zero-order valence-electron chi connectivity index (χ0n) is 12.6. The fourth-order valence-corrected chi connectivity index (χ4v) is 2.14. The Morgan fingerprint density at radius 3 is 2.35 bits per heavy atom. The molecule has 0 fully saturated rings. The lowest BCUT2D eigenvalue weighted by Gasteiger charge is -2.18. The third-order valence-corrected chi connectivity index (χ3v) is 3.25. The van der Waals surface area contributed by atoms with Gasteiger partial charge in [-0.3, -0.25) is 0 Å². The smallest absolute Gasteiger partial charge is 0.135 e. The number of nitrogens with zero attached hydrogens (tertiary/aromatic N) is 2. The van der Waals surface area contributed by atoms with Crippen molar-refractivity contribution in [2.24, 2.45) is 0 Å². The molecule has 1 aromatic carbocycles. The Morgan fingerprint density at radius 2 is 1.70 bits per heavy atom. The van der Waals surface area contributed by atoms with Crippen LogP contribution < -0.4 is 10.6 Å². The molecular formula is C16H22N4. The SMILES string of the molecule is CCNc1nc(C)nc(NC(C)c2ccccc2)c1C.